The molecule has 0 saturated heterocycles. The van der Waals surface area contributed by atoms with Crippen LogP contribution < -0.4 is 4.74 Å². The van der Waals surface area contributed by atoms with Crippen molar-refractivity contribution in [2.75, 3.05) is 7.11 Å². The fourth-order valence-corrected chi connectivity index (χ4v) is 2.36. The monoisotopic (exact) mass is 376 g/mol. The minimum Gasteiger partial charge on any atom is -0.497 e. The predicted molar refractivity (Wildman–Crippen MR) is 77.0 cm³/mol. The second kappa shape index (κ2) is 6.51. The normalized spacial score (nSPS) is 11.5. The first kappa shape index (κ1) is 16.5. The van der Waals surface area contributed by atoms with Crippen molar-refractivity contribution >= 4 is 20.6 Å². The van der Waals surface area contributed by atoms with Crippen LogP contribution >= 0.6 is 15.9 Å². The SMILES string of the molecule is COc1ccc(Cn2ncc(CC(=O)Br)c2C(F)(F)F)cc1. The summed E-state index contributed by atoms with van der Waals surface area (Å²) in [4.78, 5) is 11.0. The first-order valence-corrected chi connectivity index (χ1v) is 7.03. The Morgan fingerprint density at radius 1 is 1.32 bits per heavy atom. The Hall–Kier alpha value is -1.83. The van der Waals surface area contributed by atoms with Crippen LogP contribution in [0.5, 0.6) is 5.75 Å². The molecule has 2 rings (SSSR count). The first-order valence-electron chi connectivity index (χ1n) is 6.24. The Morgan fingerprint density at radius 3 is 2.45 bits per heavy atom. The van der Waals surface area contributed by atoms with E-state index in [1.54, 1.807) is 24.3 Å². The summed E-state index contributed by atoms with van der Waals surface area (Å²) in [6.45, 7) is -0.0463. The number of hydrogen-bond acceptors (Lipinski definition) is 3. The summed E-state index contributed by atoms with van der Waals surface area (Å²) in [5, 5.41) is 3.77. The van der Waals surface area contributed by atoms with Crippen molar-refractivity contribution in [2.45, 2.75) is 19.1 Å². The van der Waals surface area contributed by atoms with Gasteiger partial charge in [-0.15, -0.1) is 0 Å². The number of hydrogen-bond donors (Lipinski definition) is 0. The average Bonchev–Trinajstić information content (AvgIpc) is 2.81. The van der Waals surface area contributed by atoms with Gasteiger partial charge in [-0.25, -0.2) is 0 Å². The molecule has 0 aliphatic heterocycles. The van der Waals surface area contributed by atoms with Crippen molar-refractivity contribution in [1.29, 1.82) is 0 Å². The molecule has 0 amide bonds. The quantitative estimate of drug-likeness (QED) is 0.751. The molecular formula is C14H12BrF3N2O2. The molecule has 8 heteroatoms. The zero-order valence-electron chi connectivity index (χ0n) is 11.5. The smallest absolute Gasteiger partial charge is 0.433 e. The highest BCUT2D eigenvalue weighted by molar-refractivity contribution is 9.18. The van der Waals surface area contributed by atoms with E-state index in [0.29, 0.717) is 11.3 Å². The van der Waals surface area contributed by atoms with E-state index in [4.69, 9.17) is 4.74 Å². The molecule has 0 aliphatic carbocycles. The predicted octanol–water partition coefficient (Wildman–Crippen LogP) is 3.42. The molecule has 1 aromatic heterocycles. The molecule has 22 heavy (non-hydrogen) atoms. The van der Waals surface area contributed by atoms with Gasteiger partial charge in [-0.1, -0.05) is 12.1 Å². The van der Waals surface area contributed by atoms with E-state index in [0.717, 1.165) is 10.9 Å². The number of nitrogens with zero attached hydrogens (tertiary/aromatic N) is 2. The number of methoxy groups -OCH3 is 1. The minimum atomic E-state index is -4.58. The van der Waals surface area contributed by atoms with E-state index < -0.39 is 16.6 Å². The van der Waals surface area contributed by atoms with Crippen LogP contribution in [-0.2, 0) is 23.9 Å². The summed E-state index contributed by atoms with van der Waals surface area (Å²) < 4.78 is 44.9. The fourth-order valence-electron chi connectivity index (χ4n) is 2.06. The summed E-state index contributed by atoms with van der Waals surface area (Å²) >= 11 is 2.65. The van der Waals surface area contributed by atoms with Gasteiger partial charge in [0.05, 0.1) is 19.9 Å². The summed E-state index contributed by atoms with van der Waals surface area (Å²) in [5.41, 5.74) is -0.412. The highest BCUT2D eigenvalue weighted by Gasteiger charge is 2.38. The van der Waals surface area contributed by atoms with Crippen molar-refractivity contribution in [1.82, 2.24) is 9.78 Å². The van der Waals surface area contributed by atoms with Crippen LogP contribution in [0.2, 0.25) is 0 Å². The number of halogens is 4. The van der Waals surface area contributed by atoms with Gasteiger partial charge >= 0.3 is 6.18 Å². The Labute approximate surface area is 133 Å². The topological polar surface area (TPSA) is 44.1 Å². The highest BCUT2D eigenvalue weighted by atomic mass is 79.9. The summed E-state index contributed by atoms with van der Waals surface area (Å²) in [6.07, 6.45) is -3.87. The van der Waals surface area contributed by atoms with Gasteiger partial charge in [-0.2, -0.15) is 18.3 Å². The van der Waals surface area contributed by atoms with Crippen LogP contribution in [0.3, 0.4) is 0 Å². The van der Waals surface area contributed by atoms with E-state index in [1.807, 2.05) is 0 Å². The molecule has 0 bridgehead atoms. The zero-order chi connectivity index (χ0) is 16.3. The fraction of sp³-hybridized carbons (Fsp3) is 0.286. The molecule has 0 atom stereocenters. The van der Waals surface area contributed by atoms with Gasteiger partial charge in [0.2, 0.25) is 4.69 Å². The molecule has 2 aromatic rings. The number of rotatable bonds is 5. The van der Waals surface area contributed by atoms with E-state index in [2.05, 4.69) is 21.0 Å². The van der Waals surface area contributed by atoms with Crippen LogP contribution in [0.1, 0.15) is 16.8 Å². The largest absolute Gasteiger partial charge is 0.497 e. The average molecular weight is 377 g/mol. The highest BCUT2D eigenvalue weighted by Crippen LogP contribution is 2.33. The third kappa shape index (κ3) is 3.88. The molecule has 0 fully saturated rings. The molecule has 0 saturated carbocycles. The van der Waals surface area contributed by atoms with Crippen molar-refractivity contribution in [3.05, 3.63) is 47.3 Å². The molecule has 1 aromatic carbocycles. The van der Waals surface area contributed by atoms with Crippen LogP contribution in [-0.4, -0.2) is 21.6 Å². The van der Waals surface area contributed by atoms with E-state index in [1.165, 1.54) is 7.11 Å². The number of carbonyl (C=O) groups is 1. The lowest BCUT2D eigenvalue weighted by Gasteiger charge is -2.12. The van der Waals surface area contributed by atoms with Crippen molar-refractivity contribution in [2.24, 2.45) is 0 Å². The second-order valence-corrected chi connectivity index (χ2v) is 5.44. The maximum Gasteiger partial charge on any atom is 0.433 e. The lowest BCUT2D eigenvalue weighted by atomic mass is 10.1. The van der Waals surface area contributed by atoms with Crippen LogP contribution in [0.15, 0.2) is 30.5 Å². The molecule has 0 N–H and O–H groups in total. The molecule has 0 aliphatic rings. The molecule has 4 nitrogen and oxygen atoms in total. The van der Waals surface area contributed by atoms with E-state index in [-0.39, 0.29) is 18.5 Å². The van der Waals surface area contributed by atoms with E-state index in [9.17, 15) is 18.0 Å². The number of ether oxygens (including phenoxy) is 1. The Balaban J connectivity index is 2.33. The Kier molecular flexibility index (Phi) is 4.90. The van der Waals surface area contributed by atoms with Crippen LogP contribution in [0.4, 0.5) is 13.2 Å². The number of carbonyl (C=O) groups excluding carboxylic acids is 1. The van der Waals surface area contributed by atoms with Crippen LogP contribution in [0, 0.1) is 0 Å². The van der Waals surface area contributed by atoms with Gasteiger partial charge in [-0.3, -0.25) is 9.48 Å². The van der Waals surface area contributed by atoms with Crippen molar-refractivity contribution < 1.29 is 22.7 Å². The van der Waals surface area contributed by atoms with E-state index >= 15 is 0 Å². The standard InChI is InChI=1S/C14H12BrF3N2O2/c1-22-11-4-2-9(3-5-11)8-20-13(14(16,17)18)10(7-19-20)6-12(15)21/h2-5,7H,6,8H2,1H3. The minimum absolute atomic E-state index is 0.0463. The summed E-state index contributed by atoms with van der Waals surface area (Å²) in [5.74, 6) is 0.617. The number of benzene rings is 1. The van der Waals surface area contributed by atoms with Gasteiger partial charge in [0.1, 0.15) is 11.4 Å². The Morgan fingerprint density at radius 2 is 1.95 bits per heavy atom. The van der Waals surface area contributed by atoms with Gasteiger partial charge in [0, 0.05) is 12.0 Å². The first-order chi connectivity index (χ1) is 10.3. The molecule has 0 radical (unpaired) electrons. The van der Waals surface area contributed by atoms with Gasteiger partial charge in [0.25, 0.3) is 0 Å². The second-order valence-electron chi connectivity index (χ2n) is 4.55. The third-order valence-corrected chi connectivity index (χ3v) is 3.28. The maximum absolute atomic E-state index is 13.2. The van der Waals surface area contributed by atoms with Gasteiger partial charge in [0.15, 0.2) is 0 Å². The van der Waals surface area contributed by atoms with Crippen molar-refractivity contribution in [3.63, 3.8) is 0 Å². The molecular weight excluding hydrogens is 365 g/mol. The molecule has 1 heterocycles. The zero-order valence-corrected chi connectivity index (χ0v) is 13.1. The molecule has 118 valence electrons. The van der Waals surface area contributed by atoms with Crippen molar-refractivity contribution in [3.8, 4) is 5.75 Å². The van der Waals surface area contributed by atoms with Crippen LogP contribution in [0.25, 0.3) is 0 Å². The maximum atomic E-state index is 13.2. The summed E-state index contributed by atoms with van der Waals surface area (Å²) in [7, 11) is 1.51. The number of alkyl halides is 3. The lowest BCUT2D eigenvalue weighted by molar-refractivity contribution is -0.144. The summed E-state index contributed by atoms with van der Waals surface area (Å²) in [6, 6.07) is 6.65. The Bertz CT molecular complexity index is 666. The molecule has 0 spiro atoms. The van der Waals surface area contributed by atoms with Gasteiger partial charge < -0.3 is 4.74 Å². The lowest BCUT2D eigenvalue weighted by Crippen LogP contribution is -2.17. The molecule has 0 unspecified atom stereocenters. The number of aromatic nitrogens is 2. The van der Waals surface area contributed by atoms with Gasteiger partial charge in [-0.05, 0) is 33.6 Å². The third-order valence-electron chi connectivity index (χ3n) is 3.00.